The largest absolute Gasteiger partial charge is 0.362 e. The van der Waals surface area contributed by atoms with Crippen LogP contribution in [0.15, 0.2) is 18.2 Å². The van der Waals surface area contributed by atoms with Crippen LogP contribution in [0.4, 0.5) is 5.69 Å². The molecule has 1 fully saturated rings. The first-order chi connectivity index (χ1) is 9.20. The molecule has 0 atom stereocenters. The van der Waals surface area contributed by atoms with Crippen molar-refractivity contribution in [1.29, 1.82) is 0 Å². The van der Waals surface area contributed by atoms with Gasteiger partial charge in [0, 0.05) is 25.3 Å². The fraction of sp³-hybridized carbons (Fsp3) is 0.533. The predicted octanol–water partition coefficient (Wildman–Crippen LogP) is 1.43. The summed E-state index contributed by atoms with van der Waals surface area (Å²) in [5.41, 5.74) is 3.72. The Morgan fingerprint density at radius 3 is 3.05 bits per heavy atom. The molecule has 19 heavy (non-hydrogen) atoms. The molecular formula is C15H23N3O. The molecule has 1 aliphatic rings. The van der Waals surface area contributed by atoms with Gasteiger partial charge < -0.3 is 15.5 Å². The van der Waals surface area contributed by atoms with Crippen molar-refractivity contribution >= 4 is 11.6 Å². The van der Waals surface area contributed by atoms with Crippen LogP contribution >= 0.6 is 0 Å². The molecule has 1 aromatic rings. The standard InChI is InChI=1S/C15H23N3O/c1-3-16-10-13-9-12(2)5-6-14(13)18-8-4-7-17-15(19)11-18/h5-6,9,16H,3-4,7-8,10-11H2,1-2H3,(H,17,19). The van der Waals surface area contributed by atoms with Gasteiger partial charge in [0.2, 0.25) is 5.91 Å². The van der Waals surface area contributed by atoms with Crippen molar-refractivity contribution in [1.82, 2.24) is 10.6 Å². The van der Waals surface area contributed by atoms with Crippen LogP contribution in [0.2, 0.25) is 0 Å². The molecule has 0 radical (unpaired) electrons. The molecule has 104 valence electrons. The minimum Gasteiger partial charge on any atom is -0.362 e. The Balaban J connectivity index is 2.23. The Kier molecular flexibility index (Phi) is 4.80. The molecule has 0 bridgehead atoms. The lowest BCUT2D eigenvalue weighted by atomic mass is 10.1. The van der Waals surface area contributed by atoms with E-state index in [2.05, 4.69) is 47.6 Å². The summed E-state index contributed by atoms with van der Waals surface area (Å²) >= 11 is 0. The van der Waals surface area contributed by atoms with E-state index in [9.17, 15) is 4.79 Å². The molecule has 1 saturated heterocycles. The van der Waals surface area contributed by atoms with Crippen molar-refractivity contribution in [2.75, 3.05) is 31.1 Å². The zero-order valence-electron chi connectivity index (χ0n) is 11.8. The van der Waals surface area contributed by atoms with Gasteiger partial charge in [-0.2, -0.15) is 0 Å². The lowest BCUT2D eigenvalue weighted by Crippen LogP contribution is -2.33. The molecule has 0 aliphatic carbocycles. The first-order valence-corrected chi connectivity index (χ1v) is 7.02. The van der Waals surface area contributed by atoms with E-state index in [1.54, 1.807) is 0 Å². The number of rotatable bonds is 4. The third kappa shape index (κ3) is 3.70. The highest BCUT2D eigenvalue weighted by Crippen LogP contribution is 2.22. The fourth-order valence-electron chi connectivity index (χ4n) is 2.44. The molecule has 0 aromatic heterocycles. The number of hydrogen-bond donors (Lipinski definition) is 2. The number of aryl methyl sites for hydroxylation is 1. The highest BCUT2D eigenvalue weighted by Gasteiger charge is 2.17. The second-order valence-corrected chi connectivity index (χ2v) is 5.04. The van der Waals surface area contributed by atoms with Crippen LogP contribution in [0.5, 0.6) is 0 Å². The Labute approximate surface area is 115 Å². The molecule has 4 nitrogen and oxygen atoms in total. The van der Waals surface area contributed by atoms with Gasteiger partial charge in [0.05, 0.1) is 6.54 Å². The molecule has 0 saturated carbocycles. The summed E-state index contributed by atoms with van der Waals surface area (Å²) < 4.78 is 0. The molecule has 1 aromatic carbocycles. The van der Waals surface area contributed by atoms with Crippen LogP contribution in [-0.2, 0) is 11.3 Å². The maximum Gasteiger partial charge on any atom is 0.239 e. The monoisotopic (exact) mass is 261 g/mol. The van der Waals surface area contributed by atoms with Crippen molar-refractivity contribution < 1.29 is 4.79 Å². The van der Waals surface area contributed by atoms with Gasteiger partial charge in [0.25, 0.3) is 0 Å². The Morgan fingerprint density at radius 2 is 2.26 bits per heavy atom. The summed E-state index contributed by atoms with van der Waals surface area (Å²) in [5.74, 6) is 0.118. The molecule has 1 aliphatic heterocycles. The highest BCUT2D eigenvalue weighted by molar-refractivity contribution is 5.82. The summed E-state index contributed by atoms with van der Waals surface area (Å²) in [6.07, 6.45) is 1.00. The maximum absolute atomic E-state index is 11.7. The summed E-state index contributed by atoms with van der Waals surface area (Å²) in [6, 6.07) is 6.47. The minimum atomic E-state index is 0.118. The number of amides is 1. The normalized spacial score (nSPS) is 16.1. The number of anilines is 1. The summed E-state index contributed by atoms with van der Waals surface area (Å²) in [4.78, 5) is 13.9. The van der Waals surface area contributed by atoms with Crippen LogP contribution in [0, 0.1) is 6.92 Å². The van der Waals surface area contributed by atoms with Crippen LogP contribution < -0.4 is 15.5 Å². The van der Waals surface area contributed by atoms with Gasteiger partial charge in [-0.15, -0.1) is 0 Å². The summed E-state index contributed by atoms with van der Waals surface area (Å²) in [7, 11) is 0. The number of carbonyl (C=O) groups excluding carboxylic acids is 1. The molecule has 2 rings (SSSR count). The zero-order valence-corrected chi connectivity index (χ0v) is 11.8. The van der Waals surface area contributed by atoms with E-state index >= 15 is 0 Å². The summed E-state index contributed by atoms with van der Waals surface area (Å²) in [6.45, 7) is 8.19. The van der Waals surface area contributed by atoms with Crippen LogP contribution in [0.3, 0.4) is 0 Å². The number of nitrogens with zero attached hydrogens (tertiary/aromatic N) is 1. The molecule has 4 heteroatoms. The minimum absolute atomic E-state index is 0.118. The molecule has 1 amide bonds. The van der Waals surface area contributed by atoms with Crippen LogP contribution in [0.25, 0.3) is 0 Å². The van der Waals surface area contributed by atoms with Crippen LogP contribution in [0.1, 0.15) is 24.5 Å². The van der Waals surface area contributed by atoms with E-state index in [0.717, 1.165) is 32.6 Å². The SMILES string of the molecule is CCNCc1cc(C)ccc1N1CCCNC(=O)C1. The molecular weight excluding hydrogens is 238 g/mol. The number of hydrogen-bond acceptors (Lipinski definition) is 3. The third-order valence-corrected chi connectivity index (χ3v) is 3.40. The second-order valence-electron chi connectivity index (χ2n) is 5.04. The highest BCUT2D eigenvalue weighted by atomic mass is 16.2. The Morgan fingerprint density at radius 1 is 1.42 bits per heavy atom. The van der Waals surface area contributed by atoms with Crippen molar-refractivity contribution in [2.24, 2.45) is 0 Å². The van der Waals surface area contributed by atoms with E-state index in [0.29, 0.717) is 6.54 Å². The van der Waals surface area contributed by atoms with Crippen molar-refractivity contribution in [3.63, 3.8) is 0 Å². The fourth-order valence-corrected chi connectivity index (χ4v) is 2.44. The van der Waals surface area contributed by atoms with Gasteiger partial charge in [0.1, 0.15) is 0 Å². The third-order valence-electron chi connectivity index (χ3n) is 3.40. The van der Waals surface area contributed by atoms with E-state index in [-0.39, 0.29) is 5.91 Å². The van der Waals surface area contributed by atoms with Gasteiger partial charge >= 0.3 is 0 Å². The Hall–Kier alpha value is -1.55. The second kappa shape index (κ2) is 6.57. The quantitative estimate of drug-likeness (QED) is 0.862. The van der Waals surface area contributed by atoms with E-state index < -0.39 is 0 Å². The lowest BCUT2D eigenvalue weighted by Gasteiger charge is -2.25. The van der Waals surface area contributed by atoms with E-state index in [4.69, 9.17) is 0 Å². The van der Waals surface area contributed by atoms with Gasteiger partial charge in [-0.25, -0.2) is 0 Å². The van der Waals surface area contributed by atoms with Gasteiger partial charge in [-0.05, 0) is 31.5 Å². The predicted molar refractivity (Wildman–Crippen MR) is 78.4 cm³/mol. The van der Waals surface area contributed by atoms with Crippen molar-refractivity contribution in [3.05, 3.63) is 29.3 Å². The Bertz CT molecular complexity index is 445. The molecule has 2 N–H and O–H groups in total. The molecule has 1 heterocycles. The lowest BCUT2D eigenvalue weighted by molar-refractivity contribution is -0.119. The van der Waals surface area contributed by atoms with E-state index in [1.807, 2.05) is 0 Å². The van der Waals surface area contributed by atoms with E-state index in [1.165, 1.54) is 16.8 Å². The van der Waals surface area contributed by atoms with Gasteiger partial charge in [-0.1, -0.05) is 24.6 Å². The van der Waals surface area contributed by atoms with Crippen LogP contribution in [-0.4, -0.2) is 32.1 Å². The smallest absolute Gasteiger partial charge is 0.239 e. The topological polar surface area (TPSA) is 44.4 Å². The number of nitrogens with one attached hydrogen (secondary N) is 2. The van der Waals surface area contributed by atoms with Gasteiger partial charge in [0.15, 0.2) is 0 Å². The number of benzene rings is 1. The maximum atomic E-state index is 11.7. The number of carbonyl (C=O) groups is 1. The molecule has 0 unspecified atom stereocenters. The average Bonchev–Trinajstić information content (AvgIpc) is 2.61. The molecule has 0 spiro atoms. The first kappa shape index (κ1) is 13.9. The van der Waals surface area contributed by atoms with Crippen molar-refractivity contribution in [2.45, 2.75) is 26.8 Å². The first-order valence-electron chi connectivity index (χ1n) is 7.02. The zero-order chi connectivity index (χ0) is 13.7. The van der Waals surface area contributed by atoms with Gasteiger partial charge in [-0.3, -0.25) is 4.79 Å². The summed E-state index contributed by atoms with van der Waals surface area (Å²) in [5, 5.41) is 6.29. The van der Waals surface area contributed by atoms with Crippen molar-refractivity contribution in [3.8, 4) is 0 Å². The average molecular weight is 261 g/mol.